The number of aliphatic hydroxyl groups excluding tert-OH is 4. The molecule has 79 heavy (non-hydrogen) atoms. The third-order valence-corrected chi connectivity index (χ3v) is 7.54. The summed E-state index contributed by atoms with van der Waals surface area (Å²) in [7, 11) is 0. The predicted molar refractivity (Wildman–Crippen MR) is 261 cm³/mol. The van der Waals surface area contributed by atoms with Gasteiger partial charge in [0.05, 0.1) is 89.0 Å². The highest BCUT2D eigenvalue weighted by Crippen LogP contribution is 2.22. The highest BCUT2D eigenvalue weighted by molar-refractivity contribution is 5.94. The van der Waals surface area contributed by atoms with Crippen molar-refractivity contribution < 1.29 is 163 Å². The van der Waals surface area contributed by atoms with Crippen LogP contribution >= 0.6 is 0 Å². The molecule has 0 bridgehead atoms. The van der Waals surface area contributed by atoms with Crippen molar-refractivity contribution >= 4 is 83.6 Å². The summed E-state index contributed by atoms with van der Waals surface area (Å²) < 4.78 is 15.2. The lowest BCUT2D eigenvalue weighted by molar-refractivity contribution is -0.158. The van der Waals surface area contributed by atoms with Gasteiger partial charge in [-0.05, 0) is 0 Å². The van der Waals surface area contributed by atoms with Crippen molar-refractivity contribution in [1.82, 2.24) is 0 Å². The Labute approximate surface area is 446 Å². The minimum Gasteiger partial charge on any atom is -0.481 e. The Kier molecular flexibility index (Phi) is 49.3. The lowest BCUT2D eigenvalue weighted by Gasteiger charge is -2.33. The van der Waals surface area contributed by atoms with Crippen LogP contribution in [0.15, 0.2) is 98.2 Å². The van der Waals surface area contributed by atoms with E-state index in [-0.39, 0.29) is 59.9 Å². The fourth-order valence-electron chi connectivity index (χ4n) is 3.15. The van der Waals surface area contributed by atoms with E-state index in [1.807, 2.05) is 0 Å². The predicted octanol–water partition coefficient (Wildman–Crippen LogP) is -0.985. The maximum atomic E-state index is 11.3. The van der Waals surface area contributed by atoms with Crippen molar-refractivity contribution in [2.45, 2.75) is 38.5 Å². The smallest absolute Gasteiger partial charge is 0.331 e. The Bertz CT molecular complexity index is 1910. The van der Waals surface area contributed by atoms with Gasteiger partial charge in [0.25, 0.3) is 0 Å². The van der Waals surface area contributed by atoms with Gasteiger partial charge in [-0.25, -0.2) is 38.4 Å². The second kappa shape index (κ2) is 46.8. The Balaban J connectivity index is -0.000000163. The van der Waals surface area contributed by atoms with Crippen molar-refractivity contribution in [3.8, 4) is 0 Å². The molecule has 33 nitrogen and oxygen atoms in total. The molecule has 0 amide bonds. The van der Waals surface area contributed by atoms with Gasteiger partial charge in [-0.2, -0.15) is 0 Å². The molecule has 444 valence electrons. The molecule has 0 spiro atoms. The van der Waals surface area contributed by atoms with Crippen molar-refractivity contribution in [2.75, 3.05) is 52.9 Å². The number of aliphatic carboxylic acids is 12. The van der Waals surface area contributed by atoms with Crippen LogP contribution in [0, 0.1) is 10.8 Å². The van der Waals surface area contributed by atoms with Crippen molar-refractivity contribution in [3.63, 3.8) is 0 Å². The van der Waals surface area contributed by atoms with Gasteiger partial charge in [-0.15, -0.1) is 0 Å². The van der Waals surface area contributed by atoms with Crippen LogP contribution in [0.5, 0.6) is 0 Å². The number of esters is 2. The number of carboxylic acid groups (broad SMARTS) is 12. The molecule has 0 aliphatic carbocycles. The molecule has 0 saturated heterocycles. The Morgan fingerprint density at radius 2 is 0.468 bits per heavy atom. The molecule has 0 heterocycles. The highest BCUT2D eigenvalue weighted by Gasteiger charge is 2.36. The van der Waals surface area contributed by atoms with Gasteiger partial charge in [0, 0.05) is 45.6 Å². The summed E-state index contributed by atoms with van der Waals surface area (Å²) in [6.45, 7) is 21.3. The van der Waals surface area contributed by atoms with Gasteiger partial charge in [-0.3, -0.25) is 28.8 Å². The number of hydrogen-bond acceptors (Lipinski definition) is 21. The zero-order chi connectivity index (χ0) is 64.0. The third-order valence-electron chi connectivity index (χ3n) is 7.54. The summed E-state index contributed by atoms with van der Waals surface area (Å²) in [5, 5.41) is 134. The van der Waals surface area contributed by atoms with Crippen LogP contribution in [-0.4, -0.2) is 218 Å². The Morgan fingerprint density at radius 3 is 0.582 bits per heavy atom. The first-order valence-electron chi connectivity index (χ1n) is 20.5. The molecule has 33 heteroatoms. The second-order valence-corrected chi connectivity index (χ2v) is 14.6. The minimum atomic E-state index is -1.27. The van der Waals surface area contributed by atoms with Gasteiger partial charge >= 0.3 is 83.6 Å². The molecule has 0 atom stereocenters. The largest absolute Gasteiger partial charge is 0.481 e. The number of carbonyl (C=O) groups excluding carboxylic acids is 2. The zero-order valence-corrected chi connectivity index (χ0v) is 41.8. The van der Waals surface area contributed by atoms with Crippen molar-refractivity contribution in [1.29, 1.82) is 0 Å². The molecule has 0 rings (SSSR count). The molecule has 0 radical (unpaired) electrons. The van der Waals surface area contributed by atoms with Crippen LogP contribution in [0.2, 0.25) is 0 Å². The summed E-state index contributed by atoms with van der Waals surface area (Å²) in [4.78, 5) is 140. The summed E-state index contributed by atoms with van der Waals surface area (Å²) in [5.74, 6) is -16.1. The molecule has 0 saturated carbocycles. The Morgan fingerprint density at radius 1 is 0.304 bits per heavy atom. The van der Waals surface area contributed by atoms with E-state index in [1.165, 1.54) is 0 Å². The fourth-order valence-corrected chi connectivity index (χ4v) is 3.15. The SMILES string of the molecule is C=C(CC(=O)O)C(=O)O.C=C(CC(=O)O)C(=O)O.C=C(CC(=O)O)C(=O)O.C=C(CC(=O)O)C(=O)O.C=C(CC(=O)O)C(=O)O.C=C(CC(=O)O)C(=O)O.C=CC(=O)OCC(CO)(COCC(CO)(CO)CO)COC(=O)C=C. The maximum absolute atomic E-state index is 11.3. The molecule has 0 aromatic heterocycles. The number of ether oxygens (including phenoxy) is 3. The lowest BCUT2D eigenvalue weighted by Crippen LogP contribution is -2.44. The van der Waals surface area contributed by atoms with Gasteiger partial charge in [0.15, 0.2) is 0 Å². The molecule has 0 fully saturated rings. The second-order valence-electron chi connectivity index (χ2n) is 14.6. The first-order valence-corrected chi connectivity index (χ1v) is 20.5. The summed E-state index contributed by atoms with van der Waals surface area (Å²) >= 11 is 0. The van der Waals surface area contributed by atoms with Gasteiger partial charge in [-0.1, -0.05) is 52.6 Å². The van der Waals surface area contributed by atoms with E-state index in [0.29, 0.717) is 0 Å². The van der Waals surface area contributed by atoms with Gasteiger partial charge in [0.1, 0.15) is 13.2 Å². The summed E-state index contributed by atoms with van der Waals surface area (Å²) in [5.41, 5.74) is -4.36. The standard InChI is InChI=1S/C16H26O9.6C5H6O4/c1-3-13(21)24-11-16(8-20,12-25-14(22)4-2)10-23-9-15(5-17,6-18)7-19;6*1-3(5(8)9)2-4(6)7/h3-4,17-20H,1-2,5-12H2;6*1-2H2,(H,6,7)(H,8,9). The van der Waals surface area contributed by atoms with E-state index in [9.17, 15) is 87.5 Å². The quantitative estimate of drug-likeness (QED) is 0.0284. The van der Waals surface area contributed by atoms with Crippen LogP contribution in [0.4, 0.5) is 0 Å². The number of carbonyl (C=O) groups is 14. The zero-order valence-electron chi connectivity index (χ0n) is 41.8. The van der Waals surface area contributed by atoms with Crippen LogP contribution in [0.3, 0.4) is 0 Å². The number of rotatable bonds is 32. The van der Waals surface area contributed by atoms with Crippen LogP contribution in [0.1, 0.15) is 38.5 Å². The Hall–Kier alpha value is -9.70. The average Bonchev–Trinajstić information content (AvgIpc) is 3.33. The van der Waals surface area contributed by atoms with Crippen molar-refractivity contribution in [3.05, 3.63) is 98.2 Å². The highest BCUT2D eigenvalue weighted by atomic mass is 16.6. The maximum Gasteiger partial charge on any atom is 0.331 e. The molecule has 0 unspecified atom stereocenters. The van der Waals surface area contributed by atoms with E-state index >= 15 is 0 Å². The molecule has 0 aliphatic rings. The molecule has 16 N–H and O–H groups in total. The number of aliphatic hydroxyl groups is 4. The molecule has 0 aliphatic heterocycles. The fraction of sp³-hybridized carbons (Fsp3) is 0.348. The number of hydrogen-bond donors (Lipinski definition) is 16. The third kappa shape index (κ3) is 54.4. The topological polar surface area (TPSA) is 590 Å². The summed E-state index contributed by atoms with van der Waals surface area (Å²) in [6, 6.07) is 0. The van der Waals surface area contributed by atoms with Gasteiger partial charge in [0.2, 0.25) is 0 Å². The van der Waals surface area contributed by atoms with Crippen molar-refractivity contribution in [2.24, 2.45) is 10.8 Å². The molecular formula is C46H62O33. The molecule has 0 aromatic carbocycles. The van der Waals surface area contributed by atoms with Crippen LogP contribution in [-0.2, 0) is 81.3 Å². The van der Waals surface area contributed by atoms with Crippen LogP contribution in [0.25, 0.3) is 0 Å². The first kappa shape index (κ1) is 83.3. The van der Waals surface area contributed by atoms with E-state index in [0.717, 1.165) is 12.2 Å². The normalized spacial score (nSPS) is 9.47. The monoisotopic (exact) mass is 1140 g/mol. The molecule has 0 aromatic rings. The molecular weight excluding hydrogens is 1080 g/mol. The summed E-state index contributed by atoms with van der Waals surface area (Å²) in [6.07, 6.45) is -1.15. The first-order chi connectivity index (χ1) is 36.1. The lowest BCUT2D eigenvalue weighted by atomic mass is 9.90. The van der Waals surface area contributed by atoms with Crippen LogP contribution < -0.4 is 0 Å². The van der Waals surface area contributed by atoms with E-state index in [1.54, 1.807) is 0 Å². The van der Waals surface area contributed by atoms with E-state index in [4.69, 9.17) is 75.5 Å². The number of carboxylic acids is 12. The van der Waals surface area contributed by atoms with Gasteiger partial charge < -0.3 is 95.9 Å². The van der Waals surface area contributed by atoms with E-state index < -0.39 is 159 Å². The average molecular weight is 1140 g/mol. The minimum absolute atomic E-state index is 0.233. The van der Waals surface area contributed by atoms with E-state index in [2.05, 4.69) is 52.6 Å².